The van der Waals surface area contributed by atoms with Gasteiger partial charge in [0.2, 0.25) is 0 Å². The van der Waals surface area contributed by atoms with Crippen LogP contribution in [0.1, 0.15) is 28.7 Å². The minimum absolute atomic E-state index is 0.0962. The minimum Gasteiger partial charge on any atom is -0.493 e. The molecule has 0 bridgehead atoms. The van der Waals surface area contributed by atoms with Gasteiger partial charge in [-0.15, -0.1) is 0 Å². The van der Waals surface area contributed by atoms with Gasteiger partial charge in [-0.2, -0.15) is 0 Å². The van der Waals surface area contributed by atoms with Crippen LogP contribution < -0.4 is 4.74 Å². The molecule has 2 nitrogen and oxygen atoms in total. The largest absolute Gasteiger partial charge is 0.493 e. The number of hydrogen-bond donors (Lipinski definition) is 1. The van der Waals surface area contributed by atoms with Gasteiger partial charge in [0.15, 0.2) is 0 Å². The molecule has 2 unspecified atom stereocenters. The van der Waals surface area contributed by atoms with Crippen molar-refractivity contribution in [2.75, 3.05) is 6.61 Å². The Balaban J connectivity index is 1.93. The van der Waals surface area contributed by atoms with Crippen LogP contribution in [0.4, 0.5) is 4.39 Å². The van der Waals surface area contributed by atoms with E-state index in [-0.39, 0.29) is 11.7 Å². The Bertz CT molecular complexity index is 609. The van der Waals surface area contributed by atoms with Gasteiger partial charge in [-0.1, -0.05) is 30.3 Å². The molecule has 0 fully saturated rings. The molecule has 0 aliphatic carbocycles. The van der Waals surface area contributed by atoms with Crippen molar-refractivity contribution in [1.29, 1.82) is 0 Å². The second-order valence-corrected chi connectivity index (χ2v) is 4.91. The third-order valence-corrected chi connectivity index (χ3v) is 3.64. The molecule has 0 spiro atoms. The van der Waals surface area contributed by atoms with Gasteiger partial charge in [-0.05, 0) is 30.2 Å². The number of ether oxygens (including phenoxy) is 1. The van der Waals surface area contributed by atoms with Gasteiger partial charge in [0, 0.05) is 5.56 Å². The molecular formula is C16H15FO2. The maximum absolute atomic E-state index is 13.3. The van der Waals surface area contributed by atoms with Crippen molar-refractivity contribution < 1.29 is 14.2 Å². The topological polar surface area (TPSA) is 29.5 Å². The highest BCUT2D eigenvalue weighted by Crippen LogP contribution is 2.41. The van der Waals surface area contributed by atoms with Crippen LogP contribution in [0.25, 0.3) is 0 Å². The van der Waals surface area contributed by atoms with E-state index < -0.39 is 6.10 Å². The molecule has 1 aliphatic rings. The Morgan fingerprint density at radius 1 is 1.26 bits per heavy atom. The molecule has 2 aromatic carbocycles. The van der Waals surface area contributed by atoms with Gasteiger partial charge in [0.25, 0.3) is 0 Å². The van der Waals surface area contributed by atoms with Crippen molar-refractivity contribution in [1.82, 2.24) is 0 Å². The molecule has 3 heteroatoms. The SMILES string of the molecule is Cc1cc(C(O)C2COc3ccccc32)ccc1F. The molecule has 2 aromatic rings. The van der Waals surface area contributed by atoms with E-state index in [0.29, 0.717) is 12.2 Å². The van der Waals surface area contributed by atoms with Crippen LogP contribution in [0, 0.1) is 12.7 Å². The van der Waals surface area contributed by atoms with Crippen LogP contribution in [-0.2, 0) is 0 Å². The fraction of sp³-hybridized carbons (Fsp3) is 0.250. The van der Waals surface area contributed by atoms with Gasteiger partial charge in [-0.3, -0.25) is 0 Å². The summed E-state index contributed by atoms with van der Waals surface area (Å²) >= 11 is 0. The summed E-state index contributed by atoms with van der Waals surface area (Å²) in [4.78, 5) is 0. The first-order valence-electron chi connectivity index (χ1n) is 6.32. The van der Waals surface area contributed by atoms with Crippen molar-refractivity contribution in [3.8, 4) is 5.75 Å². The number of hydrogen-bond acceptors (Lipinski definition) is 2. The monoisotopic (exact) mass is 258 g/mol. The summed E-state index contributed by atoms with van der Waals surface area (Å²) in [5.74, 6) is 0.477. The zero-order valence-corrected chi connectivity index (χ0v) is 10.6. The van der Waals surface area contributed by atoms with E-state index in [4.69, 9.17) is 4.74 Å². The molecule has 0 saturated carbocycles. The predicted octanol–water partition coefficient (Wildman–Crippen LogP) is 3.34. The quantitative estimate of drug-likeness (QED) is 0.895. The summed E-state index contributed by atoms with van der Waals surface area (Å²) < 4.78 is 18.8. The Morgan fingerprint density at radius 2 is 2.05 bits per heavy atom. The molecule has 1 heterocycles. The smallest absolute Gasteiger partial charge is 0.126 e. The fourth-order valence-electron chi connectivity index (χ4n) is 2.53. The molecular weight excluding hydrogens is 243 g/mol. The molecule has 1 N–H and O–H groups in total. The Kier molecular flexibility index (Phi) is 2.99. The number of para-hydroxylation sites is 1. The molecule has 2 atom stereocenters. The lowest BCUT2D eigenvalue weighted by Crippen LogP contribution is -2.12. The number of fused-ring (bicyclic) bond motifs is 1. The van der Waals surface area contributed by atoms with Crippen molar-refractivity contribution >= 4 is 0 Å². The summed E-state index contributed by atoms with van der Waals surface area (Å²) in [6, 6.07) is 12.4. The molecule has 3 rings (SSSR count). The predicted molar refractivity (Wildman–Crippen MR) is 70.8 cm³/mol. The van der Waals surface area contributed by atoms with Gasteiger partial charge >= 0.3 is 0 Å². The lowest BCUT2D eigenvalue weighted by molar-refractivity contribution is 0.130. The van der Waals surface area contributed by atoms with Crippen molar-refractivity contribution in [3.05, 3.63) is 65.0 Å². The van der Waals surface area contributed by atoms with Crippen LogP contribution in [0.15, 0.2) is 42.5 Å². The average Bonchev–Trinajstić information content (AvgIpc) is 2.85. The number of benzene rings is 2. The summed E-state index contributed by atoms with van der Waals surface area (Å²) in [6.45, 7) is 2.15. The van der Waals surface area contributed by atoms with Gasteiger partial charge in [0.1, 0.15) is 11.6 Å². The highest BCUT2D eigenvalue weighted by Gasteiger charge is 2.31. The molecule has 19 heavy (non-hydrogen) atoms. The second kappa shape index (κ2) is 4.67. The van der Waals surface area contributed by atoms with E-state index in [1.807, 2.05) is 24.3 Å². The van der Waals surface area contributed by atoms with Crippen LogP contribution in [0.3, 0.4) is 0 Å². The zero-order valence-electron chi connectivity index (χ0n) is 10.6. The highest BCUT2D eigenvalue weighted by molar-refractivity contribution is 5.42. The molecule has 98 valence electrons. The first kappa shape index (κ1) is 12.2. The van der Waals surface area contributed by atoms with E-state index >= 15 is 0 Å². The van der Waals surface area contributed by atoms with Crippen molar-refractivity contribution in [2.45, 2.75) is 18.9 Å². The second-order valence-electron chi connectivity index (χ2n) is 4.91. The van der Waals surface area contributed by atoms with E-state index in [1.54, 1.807) is 19.1 Å². The van der Waals surface area contributed by atoms with E-state index in [9.17, 15) is 9.50 Å². The molecule has 0 aromatic heterocycles. The molecule has 1 aliphatic heterocycles. The van der Waals surface area contributed by atoms with Crippen molar-refractivity contribution in [3.63, 3.8) is 0 Å². The van der Waals surface area contributed by atoms with Crippen LogP contribution >= 0.6 is 0 Å². The Hall–Kier alpha value is -1.87. The summed E-state index contributed by atoms with van der Waals surface area (Å²) in [5, 5.41) is 10.5. The van der Waals surface area contributed by atoms with Crippen LogP contribution in [-0.4, -0.2) is 11.7 Å². The minimum atomic E-state index is -0.678. The first-order valence-corrected chi connectivity index (χ1v) is 6.32. The number of aryl methyl sites for hydroxylation is 1. The number of aliphatic hydroxyl groups excluding tert-OH is 1. The zero-order chi connectivity index (χ0) is 13.4. The molecule has 0 saturated heterocycles. The molecule has 0 amide bonds. The van der Waals surface area contributed by atoms with E-state index in [1.165, 1.54) is 6.07 Å². The lowest BCUT2D eigenvalue weighted by atomic mass is 9.90. The van der Waals surface area contributed by atoms with E-state index in [0.717, 1.165) is 16.9 Å². The third-order valence-electron chi connectivity index (χ3n) is 3.64. The van der Waals surface area contributed by atoms with E-state index in [2.05, 4.69) is 0 Å². The third kappa shape index (κ3) is 2.10. The lowest BCUT2D eigenvalue weighted by Gasteiger charge is -2.18. The number of rotatable bonds is 2. The van der Waals surface area contributed by atoms with Crippen LogP contribution in [0.5, 0.6) is 5.75 Å². The number of halogens is 1. The first-order chi connectivity index (χ1) is 9.16. The number of aliphatic hydroxyl groups is 1. The normalized spacial score (nSPS) is 18.8. The fourth-order valence-corrected chi connectivity index (χ4v) is 2.53. The maximum Gasteiger partial charge on any atom is 0.126 e. The van der Waals surface area contributed by atoms with Gasteiger partial charge < -0.3 is 9.84 Å². The van der Waals surface area contributed by atoms with Gasteiger partial charge in [-0.25, -0.2) is 4.39 Å². The van der Waals surface area contributed by atoms with Gasteiger partial charge in [0.05, 0.1) is 18.6 Å². The Labute approximate surface area is 111 Å². The van der Waals surface area contributed by atoms with Crippen LogP contribution in [0.2, 0.25) is 0 Å². The Morgan fingerprint density at radius 3 is 2.84 bits per heavy atom. The summed E-state index contributed by atoms with van der Waals surface area (Å²) in [5.41, 5.74) is 2.28. The average molecular weight is 258 g/mol. The highest BCUT2D eigenvalue weighted by atomic mass is 19.1. The summed E-state index contributed by atoms with van der Waals surface area (Å²) in [7, 11) is 0. The standard InChI is InChI=1S/C16H15FO2/c1-10-8-11(6-7-14(10)17)16(18)13-9-19-15-5-3-2-4-12(13)15/h2-8,13,16,18H,9H2,1H3. The maximum atomic E-state index is 13.3. The molecule has 0 radical (unpaired) electrons. The summed E-state index contributed by atoms with van der Waals surface area (Å²) in [6.07, 6.45) is -0.678. The van der Waals surface area contributed by atoms with Crippen molar-refractivity contribution in [2.24, 2.45) is 0 Å².